The zero-order valence-corrected chi connectivity index (χ0v) is 12.1. The van der Waals surface area contributed by atoms with Crippen molar-refractivity contribution in [2.45, 2.75) is 18.9 Å². The lowest BCUT2D eigenvalue weighted by atomic mass is 10.1. The monoisotopic (exact) mass is 311 g/mol. The number of rotatable bonds is 7. The van der Waals surface area contributed by atoms with Crippen LogP contribution >= 0.6 is 15.9 Å². The number of hydrogen-bond donors (Lipinski definition) is 0. The number of benzene rings is 1. The highest BCUT2D eigenvalue weighted by molar-refractivity contribution is 9.10. The first-order valence-electron chi connectivity index (χ1n) is 6.22. The molecule has 0 unspecified atom stereocenters. The highest BCUT2D eigenvalue weighted by atomic mass is 79.9. The van der Waals surface area contributed by atoms with Crippen molar-refractivity contribution in [2.24, 2.45) is 0 Å². The summed E-state index contributed by atoms with van der Waals surface area (Å²) < 4.78 is 6.04. The second-order valence-electron chi connectivity index (χ2n) is 4.63. The van der Waals surface area contributed by atoms with Crippen molar-refractivity contribution >= 4 is 21.7 Å². The van der Waals surface area contributed by atoms with Gasteiger partial charge < -0.3 is 4.74 Å². The number of hydrogen-bond acceptors (Lipinski definition) is 3. The highest BCUT2D eigenvalue weighted by Gasteiger charge is 2.30. The summed E-state index contributed by atoms with van der Waals surface area (Å²) in [5, 5.41) is 0. The van der Waals surface area contributed by atoms with Crippen LogP contribution in [0.15, 0.2) is 28.7 Å². The van der Waals surface area contributed by atoms with Gasteiger partial charge in [0, 0.05) is 29.7 Å². The first kappa shape index (κ1) is 13.7. The van der Waals surface area contributed by atoms with Gasteiger partial charge in [-0.2, -0.15) is 0 Å². The van der Waals surface area contributed by atoms with Crippen LogP contribution in [-0.4, -0.2) is 43.5 Å². The molecule has 0 spiro atoms. The molecule has 0 bridgehead atoms. The van der Waals surface area contributed by atoms with Crippen molar-refractivity contribution in [3.8, 4) is 0 Å². The maximum absolute atomic E-state index is 12.2. The number of carbonyl (C=O) groups is 1. The van der Waals surface area contributed by atoms with Crippen LogP contribution in [-0.2, 0) is 4.74 Å². The molecule has 0 heterocycles. The Bertz CT molecular complexity index is 418. The Morgan fingerprint density at radius 1 is 1.50 bits per heavy atom. The Morgan fingerprint density at radius 2 is 2.28 bits per heavy atom. The van der Waals surface area contributed by atoms with E-state index < -0.39 is 0 Å². The SMILES string of the molecule is COCCN(CC(=O)c1cccc(Br)c1)C1CC1. The van der Waals surface area contributed by atoms with Gasteiger partial charge in [0.1, 0.15) is 0 Å². The maximum atomic E-state index is 12.2. The van der Waals surface area contributed by atoms with Crippen LogP contribution in [0.3, 0.4) is 0 Å². The molecular weight excluding hydrogens is 294 g/mol. The second kappa shape index (κ2) is 6.45. The van der Waals surface area contributed by atoms with E-state index in [2.05, 4.69) is 20.8 Å². The molecule has 0 atom stereocenters. The average molecular weight is 312 g/mol. The third-order valence-corrected chi connectivity index (χ3v) is 3.63. The summed E-state index contributed by atoms with van der Waals surface area (Å²) in [6.45, 7) is 2.01. The van der Waals surface area contributed by atoms with Crippen molar-refractivity contribution in [1.82, 2.24) is 4.90 Å². The largest absolute Gasteiger partial charge is 0.383 e. The van der Waals surface area contributed by atoms with Gasteiger partial charge in [0.2, 0.25) is 0 Å². The zero-order chi connectivity index (χ0) is 13.0. The lowest BCUT2D eigenvalue weighted by Gasteiger charge is -2.20. The highest BCUT2D eigenvalue weighted by Crippen LogP contribution is 2.26. The summed E-state index contributed by atoms with van der Waals surface area (Å²) in [7, 11) is 1.70. The molecule has 98 valence electrons. The van der Waals surface area contributed by atoms with Gasteiger partial charge in [-0.1, -0.05) is 28.1 Å². The molecule has 1 saturated carbocycles. The molecule has 0 radical (unpaired) electrons. The number of ether oxygens (including phenoxy) is 1. The fraction of sp³-hybridized carbons (Fsp3) is 0.500. The Morgan fingerprint density at radius 3 is 2.89 bits per heavy atom. The molecule has 1 aromatic carbocycles. The Kier molecular flexibility index (Phi) is 4.92. The third-order valence-electron chi connectivity index (χ3n) is 3.14. The minimum absolute atomic E-state index is 0.180. The summed E-state index contributed by atoms with van der Waals surface area (Å²) >= 11 is 3.39. The third kappa shape index (κ3) is 3.90. The smallest absolute Gasteiger partial charge is 0.176 e. The van der Waals surface area contributed by atoms with Crippen LogP contribution in [0, 0.1) is 0 Å². The van der Waals surface area contributed by atoms with Gasteiger partial charge in [0.15, 0.2) is 5.78 Å². The molecule has 1 aromatic rings. The predicted molar refractivity (Wildman–Crippen MR) is 74.9 cm³/mol. The minimum atomic E-state index is 0.180. The van der Waals surface area contributed by atoms with E-state index in [0.29, 0.717) is 19.2 Å². The van der Waals surface area contributed by atoms with E-state index in [1.807, 2.05) is 24.3 Å². The molecular formula is C14H18BrNO2. The number of methoxy groups -OCH3 is 1. The van der Waals surface area contributed by atoms with Gasteiger partial charge in [-0.05, 0) is 25.0 Å². The molecule has 0 saturated heterocycles. The first-order chi connectivity index (χ1) is 8.70. The van der Waals surface area contributed by atoms with Crippen LogP contribution in [0.5, 0.6) is 0 Å². The van der Waals surface area contributed by atoms with Crippen molar-refractivity contribution < 1.29 is 9.53 Å². The molecule has 4 heteroatoms. The van der Waals surface area contributed by atoms with Gasteiger partial charge in [0.25, 0.3) is 0 Å². The lowest BCUT2D eigenvalue weighted by Crippen LogP contribution is -2.34. The molecule has 0 aromatic heterocycles. The summed E-state index contributed by atoms with van der Waals surface area (Å²) in [6, 6.07) is 8.16. The standard InChI is InChI=1S/C14H18BrNO2/c1-18-8-7-16(13-5-6-13)10-14(17)11-3-2-4-12(15)9-11/h2-4,9,13H,5-8,10H2,1H3. The van der Waals surface area contributed by atoms with E-state index in [1.54, 1.807) is 7.11 Å². The van der Waals surface area contributed by atoms with E-state index in [0.717, 1.165) is 16.6 Å². The van der Waals surface area contributed by atoms with Crippen molar-refractivity contribution in [3.63, 3.8) is 0 Å². The maximum Gasteiger partial charge on any atom is 0.176 e. The van der Waals surface area contributed by atoms with Gasteiger partial charge in [-0.25, -0.2) is 0 Å². The summed E-state index contributed by atoms with van der Waals surface area (Å²) in [5.41, 5.74) is 0.771. The van der Waals surface area contributed by atoms with Gasteiger partial charge in [-0.3, -0.25) is 9.69 Å². The molecule has 2 rings (SSSR count). The number of ketones is 1. The van der Waals surface area contributed by atoms with Crippen LogP contribution in [0.2, 0.25) is 0 Å². The van der Waals surface area contributed by atoms with E-state index in [4.69, 9.17) is 4.74 Å². The Labute approximate surface area is 116 Å². The second-order valence-corrected chi connectivity index (χ2v) is 5.54. The number of nitrogens with zero attached hydrogens (tertiary/aromatic N) is 1. The quantitative estimate of drug-likeness (QED) is 0.725. The van der Waals surface area contributed by atoms with Gasteiger partial charge >= 0.3 is 0 Å². The summed E-state index contributed by atoms with van der Waals surface area (Å²) in [6.07, 6.45) is 2.41. The molecule has 18 heavy (non-hydrogen) atoms. The Hall–Kier alpha value is -0.710. The van der Waals surface area contributed by atoms with E-state index >= 15 is 0 Å². The Balaban J connectivity index is 1.95. The van der Waals surface area contributed by atoms with Crippen molar-refractivity contribution in [2.75, 3.05) is 26.8 Å². The van der Waals surface area contributed by atoms with Crippen LogP contribution in [0.4, 0.5) is 0 Å². The fourth-order valence-electron chi connectivity index (χ4n) is 1.98. The molecule has 1 fully saturated rings. The summed E-state index contributed by atoms with van der Waals surface area (Å²) in [4.78, 5) is 14.4. The number of halogens is 1. The molecule has 1 aliphatic carbocycles. The topological polar surface area (TPSA) is 29.5 Å². The number of carbonyl (C=O) groups excluding carboxylic acids is 1. The molecule has 3 nitrogen and oxygen atoms in total. The summed E-state index contributed by atoms with van der Waals surface area (Å²) in [5.74, 6) is 0.180. The number of Topliss-reactive ketones (excluding diaryl/α,β-unsaturated/α-hetero) is 1. The normalized spacial score (nSPS) is 15.1. The molecule has 1 aliphatic rings. The van der Waals surface area contributed by atoms with Crippen LogP contribution in [0.25, 0.3) is 0 Å². The van der Waals surface area contributed by atoms with Gasteiger partial charge in [-0.15, -0.1) is 0 Å². The van der Waals surface area contributed by atoms with Crippen LogP contribution < -0.4 is 0 Å². The molecule has 0 amide bonds. The molecule has 0 aliphatic heterocycles. The van der Waals surface area contributed by atoms with E-state index in [9.17, 15) is 4.79 Å². The first-order valence-corrected chi connectivity index (χ1v) is 7.02. The van der Waals surface area contributed by atoms with Crippen molar-refractivity contribution in [3.05, 3.63) is 34.3 Å². The fourth-order valence-corrected chi connectivity index (χ4v) is 2.38. The minimum Gasteiger partial charge on any atom is -0.383 e. The van der Waals surface area contributed by atoms with E-state index in [1.165, 1.54) is 12.8 Å². The molecule has 0 N–H and O–H groups in total. The van der Waals surface area contributed by atoms with Crippen molar-refractivity contribution in [1.29, 1.82) is 0 Å². The average Bonchev–Trinajstić information content (AvgIpc) is 3.18. The lowest BCUT2D eigenvalue weighted by molar-refractivity contribution is 0.0885. The van der Waals surface area contributed by atoms with E-state index in [-0.39, 0.29) is 5.78 Å². The zero-order valence-electron chi connectivity index (χ0n) is 10.6. The van der Waals surface area contributed by atoms with Gasteiger partial charge in [0.05, 0.1) is 13.2 Å². The van der Waals surface area contributed by atoms with Crippen LogP contribution in [0.1, 0.15) is 23.2 Å². The predicted octanol–water partition coefficient (Wildman–Crippen LogP) is 2.74.